The number of benzene rings is 1. The third-order valence-corrected chi connectivity index (χ3v) is 6.97. The van der Waals surface area contributed by atoms with Crippen LogP contribution in [0.2, 0.25) is 5.02 Å². The number of aryl methyl sites for hydroxylation is 1. The van der Waals surface area contributed by atoms with Gasteiger partial charge < -0.3 is 25.1 Å². The van der Waals surface area contributed by atoms with Crippen LogP contribution in [-0.4, -0.2) is 21.0 Å². The number of fused-ring (bicyclic) bond motifs is 1. The van der Waals surface area contributed by atoms with E-state index in [4.69, 9.17) is 16.0 Å². The van der Waals surface area contributed by atoms with Crippen LogP contribution in [0, 0.1) is 12.3 Å². The number of nitrogens with zero attached hydrogens (tertiary/aromatic N) is 3. The summed E-state index contributed by atoms with van der Waals surface area (Å²) >= 11 is 6.44. The van der Waals surface area contributed by atoms with Crippen molar-refractivity contribution in [3.05, 3.63) is 90.6 Å². The van der Waals surface area contributed by atoms with Crippen molar-refractivity contribution in [2.45, 2.75) is 46.9 Å². The fourth-order valence-electron chi connectivity index (χ4n) is 4.63. The Morgan fingerprint density at radius 3 is 2.53 bits per heavy atom. The Kier molecular flexibility index (Phi) is 6.32. The Morgan fingerprint density at radius 1 is 1.13 bits per heavy atom. The second kappa shape index (κ2) is 9.38. The number of hydrogen-bond acceptors (Lipinski definition) is 9. The molecule has 0 unspecified atom stereocenters. The van der Waals surface area contributed by atoms with Crippen LogP contribution in [0.25, 0.3) is 0 Å². The molecule has 1 aliphatic heterocycles. The van der Waals surface area contributed by atoms with Gasteiger partial charge in [0.1, 0.15) is 29.2 Å². The lowest BCUT2D eigenvalue weighted by atomic mass is 9.85. The van der Waals surface area contributed by atoms with E-state index in [-0.39, 0.29) is 35.5 Å². The van der Waals surface area contributed by atoms with Crippen LogP contribution in [0.5, 0.6) is 0 Å². The summed E-state index contributed by atoms with van der Waals surface area (Å²) in [5.41, 5.74) is 0.255. The number of aromatic nitrogens is 2. The first-order valence-corrected chi connectivity index (χ1v) is 12.3. The van der Waals surface area contributed by atoms with Crippen molar-refractivity contribution in [3.63, 3.8) is 0 Å². The molecule has 1 amide bonds. The predicted molar refractivity (Wildman–Crippen MR) is 144 cm³/mol. The van der Waals surface area contributed by atoms with Gasteiger partial charge in [-0.2, -0.15) is 0 Å². The highest BCUT2D eigenvalue weighted by atomic mass is 35.5. The molecule has 3 heterocycles. The van der Waals surface area contributed by atoms with Crippen molar-refractivity contribution in [1.29, 1.82) is 0 Å². The number of carbonyl (C=O) groups is 1. The summed E-state index contributed by atoms with van der Waals surface area (Å²) < 4.78 is 5.82. The summed E-state index contributed by atoms with van der Waals surface area (Å²) in [4.78, 5) is 48.3. The molecule has 0 saturated carbocycles. The van der Waals surface area contributed by atoms with Crippen molar-refractivity contribution in [3.8, 4) is 0 Å². The molecule has 0 radical (unpaired) electrons. The van der Waals surface area contributed by atoms with Crippen LogP contribution in [0.3, 0.4) is 0 Å². The van der Waals surface area contributed by atoms with Gasteiger partial charge in [-0.15, -0.1) is 0 Å². The van der Waals surface area contributed by atoms with Crippen molar-refractivity contribution >= 4 is 40.3 Å². The Bertz CT molecular complexity index is 1630. The van der Waals surface area contributed by atoms with Crippen LogP contribution >= 0.6 is 11.6 Å². The van der Waals surface area contributed by atoms with Crippen LogP contribution < -0.4 is 26.4 Å². The minimum absolute atomic E-state index is 0.0578. The van der Waals surface area contributed by atoms with Gasteiger partial charge in [0, 0.05) is 10.6 Å². The highest BCUT2D eigenvalue weighted by Crippen LogP contribution is 2.41. The topological polar surface area (TPSA) is 138 Å². The fourth-order valence-corrected chi connectivity index (χ4v) is 4.85. The average molecular weight is 536 g/mol. The summed E-state index contributed by atoms with van der Waals surface area (Å²) in [5.74, 6) is 0.964. The zero-order valence-corrected chi connectivity index (χ0v) is 22.0. The van der Waals surface area contributed by atoms with Crippen molar-refractivity contribution in [2.24, 2.45) is 5.41 Å². The maximum absolute atomic E-state index is 13.5. The summed E-state index contributed by atoms with van der Waals surface area (Å²) in [7, 11) is 0. The zero-order valence-electron chi connectivity index (χ0n) is 21.3. The number of aliphatic hydroxyl groups is 1. The van der Waals surface area contributed by atoms with E-state index >= 15 is 0 Å². The fraction of sp³-hybridized carbons (Fsp3) is 0.296. The minimum Gasteiger partial charge on any atom is -0.464 e. The number of furan rings is 1. The first-order valence-electron chi connectivity index (χ1n) is 12.0. The van der Waals surface area contributed by atoms with E-state index in [2.05, 4.69) is 20.6 Å². The Hall–Kier alpha value is -4.02. The van der Waals surface area contributed by atoms with Gasteiger partial charge in [-0.05, 0) is 36.6 Å². The molecule has 38 heavy (non-hydrogen) atoms. The molecule has 2 aromatic carbocycles. The molecule has 0 saturated heterocycles. The van der Waals surface area contributed by atoms with E-state index in [0.717, 1.165) is 5.76 Å². The van der Waals surface area contributed by atoms with Crippen LogP contribution in [0.15, 0.2) is 50.8 Å². The lowest BCUT2D eigenvalue weighted by Crippen LogP contribution is -2.39. The largest absolute Gasteiger partial charge is 0.464 e. The smallest absolute Gasteiger partial charge is 0.261 e. The van der Waals surface area contributed by atoms with Gasteiger partial charge in [-0.25, -0.2) is 9.97 Å². The molecule has 11 heteroatoms. The normalized spacial score (nSPS) is 14.2. The molecule has 196 valence electrons. The van der Waals surface area contributed by atoms with Gasteiger partial charge in [0.15, 0.2) is 0 Å². The first kappa shape index (κ1) is 25.6. The van der Waals surface area contributed by atoms with Crippen LogP contribution in [-0.2, 0) is 13.2 Å². The molecular formula is C27H26ClN5O5. The van der Waals surface area contributed by atoms with Gasteiger partial charge >= 0.3 is 0 Å². The number of halogens is 1. The average Bonchev–Trinajstić information content (AvgIpc) is 3.47. The van der Waals surface area contributed by atoms with Crippen LogP contribution in [0.4, 0.5) is 22.7 Å². The molecule has 5 rings (SSSR count). The molecule has 2 aromatic heterocycles. The van der Waals surface area contributed by atoms with E-state index in [0.29, 0.717) is 33.4 Å². The number of amides is 1. The lowest BCUT2D eigenvalue weighted by molar-refractivity contribution is 0.0996. The minimum atomic E-state index is -0.694. The maximum Gasteiger partial charge on any atom is 0.261 e. The van der Waals surface area contributed by atoms with Gasteiger partial charge in [0.25, 0.3) is 16.8 Å². The molecule has 10 nitrogen and oxygen atoms in total. The molecule has 0 fully saturated rings. The number of rotatable bonds is 7. The predicted octanol–water partition coefficient (Wildman–Crippen LogP) is 4.22. The second-order valence-electron chi connectivity index (χ2n) is 10.3. The molecule has 4 aromatic rings. The Balaban J connectivity index is 1.50. The first-order chi connectivity index (χ1) is 18.0. The monoisotopic (exact) mass is 535 g/mol. The third kappa shape index (κ3) is 4.25. The second-order valence-corrected chi connectivity index (χ2v) is 10.7. The van der Waals surface area contributed by atoms with Crippen molar-refractivity contribution in [1.82, 2.24) is 9.97 Å². The number of hydrogen-bond donors (Lipinski definition) is 3. The molecular weight excluding hydrogens is 510 g/mol. The quantitative estimate of drug-likeness (QED) is 0.297. The highest BCUT2D eigenvalue weighted by Gasteiger charge is 2.36. The molecule has 1 atom stereocenters. The standard InChI is InChI=1S/C27H26ClN5O5/c1-13-5-8-19(38-13)25(27(2,3)4)32-22-21(23(35)24(22)36)31-16-7-6-15(28)14-10-33(26(37)20(14)16)18-9-29-12-30-17(18)11-34/h5-9,12,25,31-32,34H,10-11H2,1-4H3/t25-/m0/s1. The van der Waals surface area contributed by atoms with E-state index in [1.54, 1.807) is 12.1 Å². The third-order valence-electron chi connectivity index (χ3n) is 6.61. The van der Waals surface area contributed by atoms with E-state index in [1.165, 1.54) is 17.4 Å². The number of nitrogens with one attached hydrogen (secondary N) is 2. The summed E-state index contributed by atoms with van der Waals surface area (Å²) in [6.07, 6.45) is 2.74. The lowest BCUT2D eigenvalue weighted by Gasteiger charge is -2.31. The van der Waals surface area contributed by atoms with E-state index in [1.807, 2.05) is 39.8 Å². The summed E-state index contributed by atoms with van der Waals surface area (Å²) in [6, 6.07) is 6.49. The van der Waals surface area contributed by atoms with E-state index < -0.39 is 22.8 Å². The number of carbonyl (C=O) groups excluding carboxylic acids is 1. The molecule has 0 spiro atoms. The molecule has 0 aliphatic carbocycles. The zero-order chi connectivity index (χ0) is 27.4. The van der Waals surface area contributed by atoms with Gasteiger partial charge in [-0.1, -0.05) is 32.4 Å². The highest BCUT2D eigenvalue weighted by molar-refractivity contribution is 6.33. The van der Waals surface area contributed by atoms with E-state index in [9.17, 15) is 19.5 Å². The van der Waals surface area contributed by atoms with Gasteiger partial charge in [0.2, 0.25) is 0 Å². The SMILES string of the molecule is Cc1ccc([C@H](Nc2c(Nc3ccc(Cl)c4c3C(=O)N(c3cncnc3CO)C4)c(=O)c2=O)C(C)(C)C)o1. The molecule has 1 aliphatic rings. The summed E-state index contributed by atoms with van der Waals surface area (Å²) in [6.45, 7) is 7.57. The Labute approximate surface area is 223 Å². The number of aliphatic hydroxyl groups excluding tert-OH is 1. The van der Waals surface area contributed by atoms with Crippen molar-refractivity contribution < 1.29 is 14.3 Å². The molecule has 0 bridgehead atoms. The summed E-state index contributed by atoms with van der Waals surface area (Å²) in [5, 5.41) is 16.3. The van der Waals surface area contributed by atoms with Crippen molar-refractivity contribution in [2.75, 3.05) is 15.5 Å². The van der Waals surface area contributed by atoms with Gasteiger partial charge in [-0.3, -0.25) is 14.4 Å². The molecule has 3 N–H and O–H groups in total. The Morgan fingerprint density at radius 2 is 1.87 bits per heavy atom. The van der Waals surface area contributed by atoms with Gasteiger partial charge in [0.05, 0.1) is 48.0 Å². The maximum atomic E-state index is 13.5. The van der Waals surface area contributed by atoms with Crippen LogP contribution in [0.1, 0.15) is 59.9 Å². The number of anilines is 4.